The number of hydrogen-bond acceptors (Lipinski definition) is 2. The molecule has 0 bridgehead atoms. The van der Waals surface area contributed by atoms with Crippen molar-refractivity contribution in [2.75, 3.05) is 6.61 Å². The normalized spacial score (nSPS) is 23.4. The maximum absolute atomic E-state index is 9.09. The topological polar surface area (TPSA) is 33.0 Å². The van der Waals surface area contributed by atoms with Crippen LogP contribution in [0.3, 0.4) is 0 Å². The highest BCUT2D eigenvalue weighted by molar-refractivity contribution is 5.47. The molecular weight excluding hydrogens is 222 g/mol. The molecule has 0 radical (unpaired) electrons. The van der Waals surface area contributed by atoms with Crippen molar-refractivity contribution in [2.45, 2.75) is 39.5 Å². The van der Waals surface area contributed by atoms with E-state index in [2.05, 4.69) is 13.0 Å². The molecule has 2 atom stereocenters. The Morgan fingerprint density at radius 2 is 2.22 bits per heavy atom. The lowest BCUT2D eigenvalue weighted by atomic mass is 9.83. The van der Waals surface area contributed by atoms with Crippen LogP contribution in [0.2, 0.25) is 0 Å². The summed E-state index contributed by atoms with van der Waals surface area (Å²) in [5, 5.41) is 9.09. The lowest BCUT2D eigenvalue weighted by Crippen LogP contribution is -2.20. The molecule has 0 spiro atoms. The van der Waals surface area contributed by atoms with Crippen LogP contribution in [0.1, 0.15) is 43.7 Å². The highest BCUT2D eigenvalue weighted by Crippen LogP contribution is 2.30. The minimum atomic E-state index is 0.652. The average Bonchev–Trinajstić information content (AvgIpc) is 2.37. The second-order valence-corrected chi connectivity index (χ2v) is 5.51. The van der Waals surface area contributed by atoms with Gasteiger partial charge in [0.15, 0.2) is 0 Å². The van der Waals surface area contributed by atoms with Gasteiger partial charge in [0, 0.05) is 0 Å². The standard InChI is InChI=1S/C16H21NO/c1-12-5-3-7-14(9-12)11-18-16-13(2)6-4-8-15(16)10-17/h4,6,8,12,14H,3,5,7,9,11H2,1-2H3. The zero-order valence-corrected chi connectivity index (χ0v) is 11.3. The van der Waals surface area contributed by atoms with E-state index in [4.69, 9.17) is 10.00 Å². The molecule has 0 aromatic heterocycles. The van der Waals surface area contributed by atoms with Gasteiger partial charge in [0.1, 0.15) is 11.8 Å². The summed E-state index contributed by atoms with van der Waals surface area (Å²) < 4.78 is 5.92. The van der Waals surface area contributed by atoms with Gasteiger partial charge in [-0.25, -0.2) is 0 Å². The first kappa shape index (κ1) is 13.0. The number of ether oxygens (including phenoxy) is 1. The van der Waals surface area contributed by atoms with Crippen molar-refractivity contribution in [3.63, 3.8) is 0 Å². The van der Waals surface area contributed by atoms with Gasteiger partial charge in [0.2, 0.25) is 0 Å². The van der Waals surface area contributed by atoms with Gasteiger partial charge in [-0.2, -0.15) is 5.26 Å². The van der Waals surface area contributed by atoms with Crippen molar-refractivity contribution in [1.29, 1.82) is 5.26 Å². The van der Waals surface area contributed by atoms with Crippen LogP contribution in [0, 0.1) is 30.1 Å². The molecule has 1 aromatic carbocycles. The van der Waals surface area contributed by atoms with E-state index in [9.17, 15) is 0 Å². The Hall–Kier alpha value is -1.49. The van der Waals surface area contributed by atoms with Gasteiger partial charge in [-0.15, -0.1) is 0 Å². The lowest BCUT2D eigenvalue weighted by Gasteiger charge is -2.27. The Balaban J connectivity index is 2.00. The van der Waals surface area contributed by atoms with Crippen LogP contribution in [-0.2, 0) is 0 Å². The Morgan fingerprint density at radius 1 is 1.39 bits per heavy atom. The van der Waals surface area contributed by atoms with Crippen molar-refractivity contribution < 1.29 is 4.74 Å². The maximum Gasteiger partial charge on any atom is 0.139 e. The number of aryl methyl sites for hydroxylation is 1. The zero-order chi connectivity index (χ0) is 13.0. The summed E-state index contributed by atoms with van der Waals surface area (Å²) in [6.07, 6.45) is 5.18. The largest absolute Gasteiger partial charge is 0.492 e. The third-order valence-corrected chi connectivity index (χ3v) is 3.84. The first-order valence-electron chi connectivity index (χ1n) is 6.83. The third-order valence-electron chi connectivity index (χ3n) is 3.84. The fraction of sp³-hybridized carbons (Fsp3) is 0.562. The van der Waals surface area contributed by atoms with Crippen molar-refractivity contribution in [2.24, 2.45) is 11.8 Å². The summed E-state index contributed by atoms with van der Waals surface area (Å²) in [7, 11) is 0. The number of hydrogen-bond donors (Lipinski definition) is 0. The van der Waals surface area contributed by atoms with E-state index in [1.807, 2.05) is 25.1 Å². The Labute approximate surface area is 110 Å². The SMILES string of the molecule is Cc1cccc(C#N)c1OCC1CCCC(C)C1. The van der Waals surface area contributed by atoms with E-state index in [0.717, 1.165) is 23.8 Å². The summed E-state index contributed by atoms with van der Waals surface area (Å²) >= 11 is 0. The Kier molecular flexibility index (Phi) is 4.25. The first-order valence-corrected chi connectivity index (χ1v) is 6.83. The number of nitrogens with zero attached hydrogens (tertiary/aromatic N) is 1. The molecule has 0 heterocycles. The monoisotopic (exact) mass is 243 g/mol. The highest BCUT2D eigenvalue weighted by Gasteiger charge is 2.20. The van der Waals surface area contributed by atoms with Gasteiger partial charge in [-0.05, 0) is 43.2 Å². The van der Waals surface area contributed by atoms with Crippen LogP contribution in [-0.4, -0.2) is 6.61 Å². The molecule has 2 unspecified atom stereocenters. The molecule has 96 valence electrons. The fourth-order valence-corrected chi connectivity index (χ4v) is 2.84. The summed E-state index contributed by atoms with van der Waals surface area (Å²) in [5.41, 5.74) is 1.71. The third kappa shape index (κ3) is 3.04. The van der Waals surface area contributed by atoms with Gasteiger partial charge in [0.25, 0.3) is 0 Å². The van der Waals surface area contributed by atoms with Gasteiger partial charge in [-0.1, -0.05) is 31.9 Å². The zero-order valence-electron chi connectivity index (χ0n) is 11.3. The molecular formula is C16H21NO. The molecule has 0 saturated heterocycles. The molecule has 1 fully saturated rings. The van der Waals surface area contributed by atoms with E-state index < -0.39 is 0 Å². The fourth-order valence-electron chi connectivity index (χ4n) is 2.84. The maximum atomic E-state index is 9.09. The number of benzene rings is 1. The molecule has 1 aliphatic rings. The second kappa shape index (κ2) is 5.91. The predicted molar refractivity (Wildman–Crippen MR) is 72.5 cm³/mol. The van der Waals surface area contributed by atoms with Crippen LogP contribution >= 0.6 is 0 Å². The minimum absolute atomic E-state index is 0.652. The molecule has 2 rings (SSSR count). The predicted octanol–water partition coefficient (Wildman–Crippen LogP) is 4.07. The van der Waals surface area contributed by atoms with E-state index >= 15 is 0 Å². The van der Waals surface area contributed by atoms with Crippen LogP contribution in [0.15, 0.2) is 18.2 Å². The molecule has 1 saturated carbocycles. The van der Waals surface area contributed by atoms with Gasteiger partial charge < -0.3 is 4.74 Å². The Morgan fingerprint density at radius 3 is 2.94 bits per heavy atom. The van der Waals surface area contributed by atoms with Crippen molar-refractivity contribution in [1.82, 2.24) is 0 Å². The highest BCUT2D eigenvalue weighted by atomic mass is 16.5. The van der Waals surface area contributed by atoms with E-state index in [1.165, 1.54) is 25.7 Å². The number of nitriles is 1. The molecule has 0 aliphatic heterocycles. The first-order chi connectivity index (χ1) is 8.70. The average molecular weight is 243 g/mol. The Bertz CT molecular complexity index is 447. The minimum Gasteiger partial charge on any atom is -0.492 e. The lowest BCUT2D eigenvalue weighted by molar-refractivity contribution is 0.181. The van der Waals surface area contributed by atoms with E-state index in [-0.39, 0.29) is 0 Å². The molecule has 1 aromatic rings. The smallest absolute Gasteiger partial charge is 0.139 e. The van der Waals surface area contributed by atoms with E-state index in [0.29, 0.717) is 11.5 Å². The molecule has 0 N–H and O–H groups in total. The summed E-state index contributed by atoms with van der Waals surface area (Å²) in [5.74, 6) is 2.25. The molecule has 0 amide bonds. The van der Waals surface area contributed by atoms with Crippen molar-refractivity contribution in [3.8, 4) is 11.8 Å². The molecule has 18 heavy (non-hydrogen) atoms. The van der Waals surface area contributed by atoms with Crippen molar-refractivity contribution in [3.05, 3.63) is 29.3 Å². The molecule has 1 aliphatic carbocycles. The van der Waals surface area contributed by atoms with Gasteiger partial charge >= 0.3 is 0 Å². The second-order valence-electron chi connectivity index (χ2n) is 5.51. The number of para-hydroxylation sites is 1. The van der Waals surface area contributed by atoms with Gasteiger partial charge in [0.05, 0.1) is 12.2 Å². The van der Waals surface area contributed by atoms with E-state index in [1.54, 1.807) is 0 Å². The summed E-state index contributed by atoms with van der Waals surface area (Å²) in [4.78, 5) is 0. The summed E-state index contributed by atoms with van der Waals surface area (Å²) in [6.45, 7) is 5.07. The number of rotatable bonds is 3. The van der Waals surface area contributed by atoms with Crippen molar-refractivity contribution >= 4 is 0 Å². The van der Waals surface area contributed by atoms with Crippen LogP contribution in [0.5, 0.6) is 5.75 Å². The quantitative estimate of drug-likeness (QED) is 0.801. The molecule has 2 nitrogen and oxygen atoms in total. The van der Waals surface area contributed by atoms with Gasteiger partial charge in [-0.3, -0.25) is 0 Å². The van der Waals surface area contributed by atoms with Crippen LogP contribution in [0.25, 0.3) is 0 Å². The van der Waals surface area contributed by atoms with Crippen LogP contribution < -0.4 is 4.74 Å². The summed E-state index contributed by atoms with van der Waals surface area (Å²) in [6, 6.07) is 7.94. The van der Waals surface area contributed by atoms with Crippen LogP contribution in [0.4, 0.5) is 0 Å². The molecule has 2 heteroatoms.